The number of anilines is 2. The topological polar surface area (TPSA) is 84.5 Å². The summed E-state index contributed by atoms with van der Waals surface area (Å²) in [6.07, 6.45) is 3.67. The predicted octanol–water partition coefficient (Wildman–Crippen LogP) is 4.80. The van der Waals surface area contributed by atoms with Crippen molar-refractivity contribution in [1.29, 1.82) is 0 Å². The summed E-state index contributed by atoms with van der Waals surface area (Å²) in [5.74, 6) is -1.36. The first-order valence-corrected chi connectivity index (χ1v) is 10.7. The van der Waals surface area contributed by atoms with Crippen LogP contribution < -0.4 is 10.6 Å². The Morgan fingerprint density at radius 2 is 1.96 bits per heavy atom. The monoisotopic (exact) mass is 484 g/mol. The molecule has 0 atom stereocenters. The highest BCUT2D eigenvalue weighted by Crippen LogP contribution is 2.38. The Labute approximate surface area is 179 Å². The van der Waals surface area contributed by atoms with E-state index in [1.807, 2.05) is 0 Å². The number of esters is 1. The second kappa shape index (κ2) is 9.07. The molecule has 1 aromatic heterocycles. The molecule has 1 aliphatic carbocycles. The molecule has 148 valence electrons. The second-order valence-electron chi connectivity index (χ2n) is 6.34. The van der Waals surface area contributed by atoms with Gasteiger partial charge in [-0.2, -0.15) is 0 Å². The van der Waals surface area contributed by atoms with Crippen molar-refractivity contribution in [2.24, 2.45) is 0 Å². The molecule has 0 fully saturated rings. The summed E-state index contributed by atoms with van der Waals surface area (Å²) < 4.78 is 6.01. The maximum atomic E-state index is 12.7. The van der Waals surface area contributed by atoms with Crippen LogP contribution in [0.1, 0.15) is 40.6 Å². The third-order valence-corrected chi connectivity index (χ3v) is 6.22. The van der Waals surface area contributed by atoms with Gasteiger partial charge in [-0.25, -0.2) is 4.79 Å². The molecule has 0 unspecified atom stereocenters. The summed E-state index contributed by atoms with van der Waals surface area (Å²) in [5.41, 5.74) is 1.71. The number of amides is 2. The van der Waals surface area contributed by atoms with Crippen LogP contribution in [-0.4, -0.2) is 24.4 Å². The van der Waals surface area contributed by atoms with E-state index >= 15 is 0 Å². The number of rotatable bonds is 5. The van der Waals surface area contributed by atoms with E-state index < -0.39 is 18.5 Å². The Bertz CT molecular complexity index is 944. The van der Waals surface area contributed by atoms with Gasteiger partial charge in [0.25, 0.3) is 5.91 Å². The van der Waals surface area contributed by atoms with Crippen LogP contribution in [0, 0.1) is 0 Å². The normalized spacial score (nSPS) is 12.8. The van der Waals surface area contributed by atoms with Crippen molar-refractivity contribution >= 4 is 67.3 Å². The minimum Gasteiger partial charge on any atom is -0.452 e. The highest BCUT2D eigenvalue weighted by molar-refractivity contribution is 9.10. The Morgan fingerprint density at radius 3 is 2.68 bits per heavy atom. The molecule has 28 heavy (non-hydrogen) atoms. The number of thiophene rings is 1. The summed E-state index contributed by atoms with van der Waals surface area (Å²) in [7, 11) is 0. The van der Waals surface area contributed by atoms with Gasteiger partial charge in [-0.05, 0) is 49.4 Å². The Hall–Kier alpha value is -1.90. The minimum absolute atomic E-state index is 0.254. The van der Waals surface area contributed by atoms with E-state index in [1.165, 1.54) is 18.3 Å². The van der Waals surface area contributed by atoms with Crippen molar-refractivity contribution in [3.63, 3.8) is 0 Å². The van der Waals surface area contributed by atoms with E-state index in [0.717, 1.165) is 40.6 Å². The zero-order valence-electron chi connectivity index (χ0n) is 15.1. The number of hydrogen-bond donors (Lipinski definition) is 2. The van der Waals surface area contributed by atoms with Gasteiger partial charge in [-0.3, -0.25) is 9.59 Å². The van der Waals surface area contributed by atoms with Crippen LogP contribution in [0.3, 0.4) is 0 Å². The number of carbonyl (C=O) groups excluding carboxylic acids is 3. The van der Waals surface area contributed by atoms with Crippen molar-refractivity contribution in [1.82, 2.24) is 0 Å². The van der Waals surface area contributed by atoms with Gasteiger partial charge in [-0.15, -0.1) is 11.3 Å². The van der Waals surface area contributed by atoms with Gasteiger partial charge < -0.3 is 15.4 Å². The standard InChI is InChI=1S/C19H18BrClN2O4S/c1-10(24)22-18-17(12-4-2-3-5-15(12)28-18)19(26)27-9-16(25)23-14-7-6-11(20)8-13(14)21/h6-8H,2-5,9H2,1H3,(H,22,24)(H,23,25). The molecule has 0 saturated carbocycles. The van der Waals surface area contributed by atoms with E-state index in [-0.39, 0.29) is 5.91 Å². The number of halogens is 2. The SMILES string of the molecule is CC(=O)Nc1sc2c(c1C(=O)OCC(=O)Nc1ccc(Br)cc1Cl)CCCC2. The van der Waals surface area contributed by atoms with Crippen LogP contribution in [0.15, 0.2) is 22.7 Å². The molecule has 2 N–H and O–H groups in total. The average Bonchev–Trinajstić information content (AvgIpc) is 2.99. The van der Waals surface area contributed by atoms with Crippen LogP contribution in [0.2, 0.25) is 5.02 Å². The highest BCUT2D eigenvalue weighted by atomic mass is 79.9. The lowest BCUT2D eigenvalue weighted by Gasteiger charge is -2.13. The van der Waals surface area contributed by atoms with Crippen molar-refractivity contribution in [2.45, 2.75) is 32.6 Å². The van der Waals surface area contributed by atoms with Gasteiger partial charge >= 0.3 is 5.97 Å². The first-order valence-electron chi connectivity index (χ1n) is 8.69. The van der Waals surface area contributed by atoms with Crippen LogP contribution in [0.5, 0.6) is 0 Å². The van der Waals surface area contributed by atoms with Crippen LogP contribution in [0.4, 0.5) is 10.7 Å². The van der Waals surface area contributed by atoms with Crippen molar-refractivity contribution in [3.05, 3.63) is 43.7 Å². The zero-order valence-corrected chi connectivity index (χ0v) is 18.2. The van der Waals surface area contributed by atoms with Gasteiger partial charge in [-0.1, -0.05) is 27.5 Å². The number of ether oxygens (including phenoxy) is 1. The first kappa shape index (κ1) is 20.8. The lowest BCUT2D eigenvalue weighted by Crippen LogP contribution is -2.22. The predicted molar refractivity (Wildman–Crippen MR) is 113 cm³/mol. The largest absolute Gasteiger partial charge is 0.452 e. The van der Waals surface area contributed by atoms with Crippen molar-refractivity contribution < 1.29 is 19.1 Å². The second-order valence-corrected chi connectivity index (χ2v) is 8.77. The fourth-order valence-corrected chi connectivity index (χ4v) is 5.05. The summed E-state index contributed by atoms with van der Waals surface area (Å²) in [6.45, 7) is 0.943. The number of nitrogens with one attached hydrogen (secondary N) is 2. The highest BCUT2D eigenvalue weighted by Gasteiger charge is 2.27. The maximum Gasteiger partial charge on any atom is 0.341 e. The summed E-state index contributed by atoms with van der Waals surface area (Å²) >= 11 is 10.8. The van der Waals surface area contributed by atoms with E-state index in [4.69, 9.17) is 16.3 Å². The summed E-state index contributed by atoms with van der Waals surface area (Å²) in [4.78, 5) is 37.4. The minimum atomic E-state index is -0.611. The van der Waals surface area contributed by atoms with Crippen LogP contribution >= 0.6 is 38.9 Å². The molecule has 0 spiro atoms. The molecular weight excluding hydrogens is 468 g/mol. The number of hydrogen-bond acceptors (Lipinski definition) is 5. The first-order chi connectivity index (χ1) is 13.3. The fourth-order valence-electron chi connectivity index (χ4n) is 3.01. The molecule has 0 bridgehead atoms. The molecule has 1 aromatic carbocycles. The number of carbonyl (C=O) groups is 3. The van der Waals surface area contributed by atoms with Gasteiger partial charge in [0.05, 0.1) is 16.3 Å². The summed E-state index contributed by atoms with van der Waals surface area (Å²) in [6, 6.07) is 5.04. The van der Waals surface area contributed by atoms with Crippen molar-refractivity contribution in [2.75, 3.05) is 17.2 Å². The fraction of sp³-hybridized carbons (Fsp3) is 0.316. The third-order valence-electron chi connectivity index (χ3n) is 4.20. The quantitative estimate of drug-likeness (QED) is 0.596. The summed E-state index contributed by atoms with van der Waals surface area (Å²) in [5, 5.41) is 6.18. The smallest absolute Gasteiger partial charge is 0.341 e. The molecular formula is C19H18BrClN2O4S. The Morgan fingerprint density at radius 1 is 1.21 bits per heavy atom. The number of aryl methyl sites for hydroxylation is 1. The molecule has 3 rings (SSSR count). The molecule has 0 radical (unpaired) electrons. The zero-order chi connectivity index (χ0) is 20.3. The van der Waals surface area contributed by atoms with Crippen LogP contribution in [0.25, 0.3) is 0 Å². The van der Waals surface area contributed by atoms with E-state index in [2.05, 4.69) is 26.6 Å². The molecule has 6 nitrogen and oxygen atoms in total. The Balaban J connectivity index is 1.69. The molecule has 2 aromatic rings. The molecule has 0 aliphatic heterocycles. The molecule has 0 saturated heterocycles. The van der Waals surface area contributed by atoms with Gasteiger partial charge in [0.2, 0.25) is 5.91 Å². The average molecular weight is 486 g/mol. The van der Waals surface area contributed by atoms with Gasteiger partial charge in [0, 0.05) is 16.3 Å². The lowest BCUT2D eigenvalue weighted by atomic mass is 9.95. The van der Waals surface area contributed by atoms with Gasteiger partial charge in [0.1, 0.15) is 5.00 Å². The lowest BCUT2D eigenvalue weighted by molar-refractivity contribution is -0.119. The molecule has 9 heteroatoms. The van der Waals surface area contributed by atoms with Gasteiger partial charge in [0.15, 0.2) is 6.61 Å². The van der Waals surface area contributed by atoms with Crippen molar-refractivity contribution in [3.8, 4) is 0 Å². The van der Waals surface area contributed by atoms with E-state index in [0.29, 0.717) is 21.3 Å². The van der Waals surface area contributed by atoms with Crippen LogP contribution in [-0.2, 0) is 27.2 Å². The van der Waals surface area contributed by atoms with E-state index in [9.17, 15) is 14.4 Å². The maximum absolute atomic E-state index is 12.7. The molecule has 2 amide bonds. The number of benzene rings is 1. The molecule has 1 aliphatic rings. The molecule has 1 heterocycles. The van der Waals surface area contributed by atoms with E-state index in [1.54, 1.807) is 18.2 Å². The Kier molecular flexibility index (Phi) is 6.74. The number of fused-ring (bicyclic) bond motifs is 1. The third kappa shape index (κ3) is 4.92.